The Labute approximate surface area is 116 Å². The molecule has 21 heavy (non-hydrogen) atoms. The smallest absolute Gasteiger partial charge is 0.323 e. The molecule has 0 amide bonds. The molecule has 0 aliphatic carbocycles. The maximum absolute atomic E-state index is 12.6. The molecule has 112 valence electrons. The monoisotopic (exact) mass is 301 g/mol. The summed E-state index contributed by atoms with van der Waals surface area (Å²) in [6.45, 7) is 1.63. The van der Waals surface area contributed by atoms with E-state index >= 15 is 0 Å². The highest BCUT2D eigenvalue weighted by Gasteiger charge is 2.33. The fourth-order valence-corrected chi connectivity index (χ4v) is 1.64. The summed E-state index contributed by atoms with van der Waals surface area (Å²) in [6.07, 6.45) is -3.33. The number of nitro groups is 1. The van der Waals surface area contributed by atoms with Crippen molar-refractivity contribution in [2.45, 2.75) is 19.1 Å². The minimum atomic E-state index is -4.66. The molecule has 1 atom stereocenters. The first kappa shape index (κ1) is 14.9. The minimum absolute atomic E-state index is 0.118. The van der Waals surface area contributed by atoms with Gasteiger partial charge in [0.15, 0.2) is 0 Å². The molecule has 10 heteroatoms. The molecule has 2 aromatic rings. The van der Waals surface area contributed by atoms with Crippen LogP contribution >= 0.6 is 0 Å². The summed E-state index contributed by atoms with van der Waals surface area (Å²) in [7, 11) is 0. The maximum atomic E-state index is 12.6. The molecule has 0 saturated carbocycles. The molecule has 1 unspecified atom stereocenters. The number of alkyl halides is 3. The summed E-state index contributed by atoms with van der Waals surface area (Å²) < 4.78 is 38.8. The van der Waals surface area contributed by atoms with Crippen molar-refractivity contribution >= 4 is 5.69 Å². The molecule has 1 aromatic heterocycles. The molecule has 0 bridgehead atoms. The number of nitrogens with zero attached hydrogens (tertiary/aromatic N) is 4. The molecule has 1 aromatic carbocycles. The van der Waals surface area contributed by atoms with Gasteiger partial charge in [-0.25, -0.2) is 4.68 Å². The number of aromatic nitrogens is 3. The van der Waals surface area contributed by atoms with Gasteiger partial charge in [-0.1, -0.05) is 5.21 Å². The van der Waals surface area contributed by atoms with Crippen molar-refractivity contribution in [3.63, 3.8) is 0 Å². The highest BCUT2D eigenvalue weighted by molar-refractivity contribution is 5.54. The Morgan fingerprint density at radius 1 is 1.43 bits per heavy atom. The van der Waals surface area contributed by atoms with Crippen LogP contribution in [0.25, 0.3) is 5.69 Å². The normalized spacial score (nSPS) is 13.2. The second-order valence-electron chi connectivity index (χ2n) is 4.34. The van der Waals surface area contributed by atoms with Gasteiger partial charge >= 0.3 is 6.18 Å². The Balaban J connectivity index is 2.55. The Bertz CT molecular complexity index is 681. The summed E-state index contributed by atoms with van der Waals surface area (Å²) in [5.74, 6) is 0. The van der Waals surface area contributed by atoms with Gasteiger partial charge < -0.3 is 5.73 Å². The van der Waals surface area contributed by atoms with Crippen LogP contribution < -0.4 is 5.73 Å². The van der Waals surface area contributed by atoms with Crippen molar-refractivity contribution < 1.29 is 18.1 Å². The van der Waals surface area contributed by atoms with Crippen LogP contribution in [0.5, 0.6) is 0 Å². The highest BCUT2D eigenvalue weighted by Crippen LogP contribution is 2.34. The molecule has 1 heterocycles. The highest BCUT2D eigenvalue weighted by atomic mass is 19.4. The summed E-state index contributed by atoms with van der Waals surface area (Å²) in [5, 5.41) is 18.3. The van der Waals surface area contributed by atoms with E-state index in [1.807, 2.05) is 0 Å². The maximum Gasteiger partial charge on any atom is 0.416 e. The first-order valence-corrected chi connectivity index (χ1v) is 5.74. The first-order chi connectivity index (χ1) is 9.70. The van der Waals surface area contributed by atoms with Crippen LogP contribution in [0.2, 0.25) is 0 Å². The van der Waals surface area contributed by atoms with Gasteiger partial charge in [-0.05, 0) is 19.1 Å². The summed E-state index contributed by atoms with van der Waals surface area (Å²) in [4.78, 5) is 10.1. The van der Waals surface area contributed by atoms with E-state index in [1.54, 1.807) is 6.92 Å². The quantitative estimate of drug-likeness (QED) is 0.692. The number of rotatable bonds is 3. The molecule has 0 spiro atoms. The Hall–Kier alpha value is -2.49. The number of nitro benzene ring substituents is 1. The van der Waals surface area contributed by atoms with Crippen molar-refractivity contribution in [2.24, 2.45) is 5.73 Å². The van der Waals surface area contributed by atoms with Crippen LogP contribution in [-0.4, -0.2) is 19.9 Å². The lowest BCUT2D eigenvalue weighted by molar-refractivity contribution is -0.384. The Kier molecular flexibility index (Phi) is 3.64. The number of halogens is 3. The largest absolute Gasteiger partial charge is 0.416 e. The van der Waals surface area contributed by atoms with Crippen LogP contribution in [0.3, 0.4) is 0 Å². The van der Waals surface area contributed by atoms with Crippen LogP contribution in [-0.2, 0) is 6.18 Å². The summed E-state index contributed by atoms with van der Waals surface area (Å²) >= 11 is 0. The van der Waals surface area contributed by atoms with Gasteiger partial charge in [-0.3, -0.25) is 10.1 Å². The van der Waals surface area contributed by atoms with Crippen molar-refractivity contribution in [3.8, 4) is 5.69 Å². The Morgan fingerprint density at radius 3 is 2.57 bits per heavy atom. The van der Waals surface area contributed by atoms with Crippen molar-refractivity contribution in [3.05, 3.63) is 45.8 Å². The topological polar surface area (TPSA) is 99.9 Å². The van der Waals surface area contributed by atoms with E-state index in [0.29, 0.717) is 11.8 Å². The number of benzene rings is 1. The average Bonchev–Trinajstić information content (AvgIpc) is 2.86. The lowest BCUT2D eigenvalue weighted by Gasteiger charge is -2.08. The SMILES string of the molecule is CC(N)c1cn(-c2ccc(C(F)(F)F)cc2[N+](=O)[O-])nn1. The second kappa shape index (κ2) is 5.13. The molecule has 2 rings (SSSR count). The predicted molar refractivity (Wildman–Crippen MR) is 65.6 cm³/mol. The third kappa shape index (κ3) is 2.99. The zero-order chi connectivity index (χ0) is 15.8. The molecule has 0 saturated heterocycles. The number of hydrogen-bond donors (Lipinski definition) is 1. The molecular formula is C11H10F3N5O2. The zero-order valence-corrected chi connectivity index (χ0v) is 10.7. The van der Waals surface area contributed by atoms with E-state index in [-0.39, 0.29) is 5.69 Å². The van der Waals surface area contributed by atoms with Crippen LogP contribution in [0, 0.1) is 10.1 Å². The molecule has 0 fully saturated rings. The van der Waals surface area contributed by atoms with E-state index < -0.39 is 28.4 Å². The van der Waals surface area contributed by atoms with Gasteiger partial charge in [0.25, 0.3) is 5.69 Å². The second-order valence-corrected chi connectivity index (χ2v) is 4.34. The standard InChI is InChI=1S/C11H10F3N5O2/c1-6(15)8-5-18(17-16-8)9-3-2-7(11(12,13)14)4-10(9)19(20)21/h2-6H,15H2,1H3. The predicted octanol–water partition coefficient (Wildman–Crippen LogP) is 2.21. The van der Waals surface area contributed by atoms with Gasteiger partial charge in [0.2, 0.25) is 0 Å². The van der Waals surface area contributed by atoms with Crippen LogP contribution in [0.1, 0.15) is 24.2 Å². The molecule has 0 radical (unpaired) electrons. The lowest BCUT2D eigenvalue weighted by Crippen LogP contribution is -2.08. The Morgan fingerprint density at radius 2 is 2.10 bits per heavy atom. The van der Waals surface area contributed by atoms with Gasteiger partial charge in [-0.15, -0.1) is 5.10 Å². The summed E-state index contributed by atoms with van der Waals surface area (Å²) in [6, 6.07) is 1.73. The lowest BCUT2D eigenvalue weighted by atomic mass is 10.1. The van der Waals surface area contributed by atoms with Crippen LogP contribution in [0.15, 0.2) is 24.4 Å². The third-order valence-corrected chi connectivity index (χ3v) is 2.72. The molecular weight excluding hydrogens is 291 g/mol. The van der Waals surface area contributed by atoms with E-state index in [0.717, 1.165) is 16.8 Å². The number of hydrogen-bond acceptors (Lipinski definition) is 5. The molecule has 2 N–H and O–H groups in total. The first-order valence-electron chi connectivity index (χ1n) is 5.74. The van der Waals surface area contributed by atoms with E-state index in [2.05, 4.69) is 10.3 Å². The van der Waals surface area contributed by atoms with Gasteiger partial charge in [0.1, 0.15) is 5.69 Å². The van der Waals surface area contributed by atoms with E-state index in [1.165, 1.54) is 6.20 Å². The van der Waals surface area contributed by atoms with Crippen molar-refractivity contribution in [1.82, 2.24) is 15.0 Å². The van der Waals surface area contributed by atoms with Crippen LogP contribution in [0.4, 0.5) is 18.9 Å². The average molecular weight is 301 g/mol. The number of nitrogens with two attached hydrogens (primary N) is 1. The minimum Gasteiger partial charge on any atom is -0.323 e. The molecule has 0 aliphatic heterocycles. The van der Waals surface area contributed by atoms with Gasteiger partial charge in [-0.2, -0.15) is 13.2 Å². The third-order valence-electron chi connectivity index (χ3n) is 2.72. The zero-order valence-electron chi connectivity index (χ0n) is 10.7. The molecule has 0 aliphatic rings. The van der Waals surface area contributed by atoms with Gasteiger partial charge in [0, 0.05) is 12.1 Å². The van der Waals surface area contributed by atoms with Gasteiger partial charge in [0.05, 0.1) is 22.4 Å². The summed E-state index contributed by atoms with van der Waals surface area (Å²) in [5.41, 5.74) is 4.01. The molecule has 7 nitrogen and oxygen atoms in total. The van der Waals surface area contributed by atoms with E-state index in [9.17, 15) is 23.3 Å². The van der Waals surface area contributed by atoms with Crippen molar-refractivity contribution in [1.29, 1.82) is 0 Å². The fraction of sp³-hybridized carbons (Fsp3) is 0.273. The fourth-order valence-electron chi connectivity index (χ4n) is 1.64. The van der Waals surface area contributed by atoms with Crippen molar-refractivity contribution in [2.75, 3.05) is 0 Å². The van der Waals surface area contributed by atoms with E-state index in [4.69, 9.17) is 5.73 Å².